The van der Waals surface area contributed by atoms with Crippen molar-refractivity contribution in [3.8, 4) is 17.4 Å². The molecule has 0 unspecified atom stereocenters. The van der Waals surface area contributed by atoms with Gasteiger partial charge in [-0.3, -0.25) is 0 Å². The van der Waals surface area contributed by atoms with Crippen molar-refractivity contribution in [2.45, 2.75) is 6.54 Å². The molecule has 18 heavy (non-hydrogen) atoms. The van der Waals surface area contributed by atoms with E-state index in [1.165, 1.54) is 12.3 Å². The highest BCUT2D eigenvalue weighted by Gasteiger charge is 2.04. The van der Waals surface area contributed by atoms with Crippen molar-refractivity contribution < 1.29 is 13.9 Å². The van der Waals surface area contributed by atoms with Crippen LogP contribution in [0.2, 0.25) is 0 Å². The van der Waals surface area contributed by atoms with Gasteiger partial charge in [-0.15, -0.1) is 0 Å². The smallest absolute Gasteiger partial charge is 0.219 e. The van der Waals surface area contributed by atoms with E-state index in [4.69, 9.17) is 15.2 Å². The molecule has 0 aliphatic rings. The number of pyridine rings is 1. The molecule has 94 valence electrons. The van der Waals surface area contributed by atoms with Crippen LogP contribution in [0.3, 0.4) is 0 Å². The van der Waals surface area contributed by atoms with Gasteiger partial charge in [-0.1, -0.05) is 6.07 Å². The van der Waals surface area contributed by atoms with Crippen LogP contribution in [0.15, 0.2) is 36.5 Å². The second kappa shape index (κ2) is 5.46. The van der Waals surface area contributed by atoms with Crippen LogP contribution < -0.4 is 15.2 Å². The van der Waals surface area contributed by atoms with Crippen LogP contribution in [0.5, 0.6) is 17.4 Å². The number of aromatic nitrogens is 1. The lowest BCUT2D eigenvalue weighted by Crippen LogP contribution is -1.99. The van der Waals surface area contributed by atoms with Crippen LogP contribution in [-0.4, -0.2) is 12.1 Å². The zero-order valence-corrected chi connectivity index (χ0v) is 9.89. The van der Waals surface area contributed by atoms with Crippen molar-refractivity contribution in [2.24, 2.45) is 5.73 Å². The summed E-state index contributed by atoms with van der Waals surface area (Å²) in [5.41, 5.74) is 5.83. The van der Waals surface area contributed by atoms with Gasteiger partial charge in [-0.25, -0.2) is 9.37 Å². The normalized spacial score (nSPS) is 10.2. The Balaban J connectivity index is 2.15. The van der Waals surface area contributed by atoms with E-state index < -0.39 is 0 Å². The first kappa shape index (κ1) is 12.3. The first-order chi connectivity index (χ1) is 8.72. The first-order valence-electron chi connectivity index (χ1n) is 5.39. The lowest BCUT2D eigenvalue weighted by Gasteiger charge is -2.07. The maximum absolute atomic E-state index is 13.5. The van der Waals surface area contributed by atoms with E-state index in [1.54, 1.807) is 31.4 Å². The molecule has 0 saturated carbocycles. The van der Waals surface area contributed by atoms with Gasteiger partial charge < -0.3 is 15.2 Å². The molecule has 0 saturated heterocycles. The van der Waals surface area contributed by atoms with Gasteiger partial charge in [-0.2, -0.15) is 0 Å². The number of rotatable bonds is 4. The average Bonchev–Trinajstić information content (AvgIpc) is 2.40. The zero-order valence-electron chi connectivity index (χ0n) is 9.89. The Morgan fingerprint density at radius 2 is 2.00 bits per heavy atom. The van der Waals surface area contributed by atoms with E-state index in [1.807, 2.05) is 0 Å². The van der Waals surface area contributed by atoms with Crippen molar-refractivity contribution >= 4 is 0 Å². The minimum absolute atomic E-state index is 0.160. The molecular weight excluding hydrogens is 235 g/mol. The Morgan fingerprint density at radius 3 is 2.56 bits per heavy atom. The fraction of sp³-hybridized carbons (Fsp3) is 0.154. The Labute approximate surface area is 104 Å². The summed E-state index contributed by atoms with van der Waals surface area (Å²) >= 11 is 0. The second-order valence-corrected chi connectivity index (χ2v) is 3.60. The minimum Gasteiger partial charge on any atom is -0.495 e. The van der Waals surface area contributed by atoms with E-state index in [9.17, 15) is 4.39 Å². The standard InChI is InChI=1S/C13H13FN2O2/c1-17-11-4-5-13(16-8-11)18-10-3-2-9(7-15)12(14)6-10/h2-6,8H,7,15H2,1H3. The molecule has 0 aliphatic heterocycles. The predicted molar refractivity (Wildman–Crippen MR) is 65.2 cm³/mol. The van der Waals surface area contributed by atoms with Crippen molar-refractivity contribution in [3.05, 3.63) is 47.9 Å². The van der Waals surface area contributed by atoms with Gasteiger partial charge in [0.15, 0.2) is 0 Å². The summed E-state index contributed by atoms with van der Waals surface area (Å²) in [6, 6.07) is 7.89. The fourth-order valence-electron chi connectivity index (χ4n) is 1.43. The van der Waals surface area contributed by atoms with Crippen LogP contribution in [0.4, 0.5) is 4.39 Å². The SMILES string of the molecule is COc1ccc(Oc2ccc(CN)c(F)c2)nc1. The van der Waals surface area contributed by atoms with Gasteiger partial charge >= 0.3 is 0 Å². The quantitative estimate of drug-likeness (QED) is 0.903. The summed E-state index contributed by atoms with van der Waals surface area (Å²) in [5.74, 6) is 0.994. The maximum Gasteiger partial charge on any atom is 0.219 e. The van der Waals surface area contributed by atoms with Crippen LogP contribution >= 0.6 is 0 Å². The van der Waals surface area contributed by atoms with Crippen molar-refractivity contribution in [1.29, 1.82) is 0 Å². The van der Waals surface area contributed by atoms with Crippen LogP contribution in [0.1, 0.15) is 5.56 Å². The molecule has 2 aromatic rings. The number of hydrogen-bond donors (Lipinski definition) is 1. The molecule has 4 nitrogen and oxygen atoms in total. The molecule has 1 aromatic heterocycles. The average molecular weight is 248 g/mol. The number of benzene rings is 1. The molecule has 0 atom stereocenters. The number of methoxy groups -OCH3 is 1. The van der Waals surface area contributed by atoms with Crippen LogP contribution in [0, 0.1) is 5.82 Å². The van der Waals surface area contributed by atoms with Crippen molar-refractivity contribution in [2.75, 3.05) is 7.11 Å². The Bertz CT molecular complexity index is 529. The Morgan fingerprint density at radius 1 is 1.22 bits per heavy atom. The monoisotopic (exact) mass is 248 g/mol. The number of ether oxygens (including phenoxy) is 2. The molecule has 5 heteroatoms. The maximum atomic E-state index is 13.5. The van der Waals surface area contributed by atoms with E-state index in [-0.39, 0.29) is 12.4 Å². The lowest BCUT2D eigenvalue weighted by molar-refractivity contribution is 0.407. The zero-order chi connectivity index (χ0) is 13.0. The topological polar surface area (TPSA) is 57.4 Å². The molecule has 0 aliphatic carbocycles. The van der Waals surface area contributed by atoms with Gasteiger partial charge in [0.2, 0.25) is 5.88 Å². The highest BCUT2D eigenvalue weighted by Crippen LogP contribution is 2.23. The molecule has 1 heterocycles. The number of nitrogens with zero attached hydrogens (tertiary/aromatic N) is 1. The lowest BCUT2D eigenvalue weighted by atomic mass is 10.2. The van der Waals surface area contributed by atoms with E-state index in [0.29, 0.717) is 22.9 Å². The predicted octanol–water partition coefficient (Wildman–Crippen LogP) is 2.48. The molecule has 1 aromatic carbocycles. The summed E-state index contributed by atoms with van der Waals surface area (Å²) in [6.07, 6.45) is 1.53. The minimum atomic E-state index is -0.386. The van der Waals surface area contributed by atoms with Gasteiger partial charge in [-0.05, 0) is 12.1 Å². The molecule has 0 radical (unpaired) electrons. The van der Waals surface area contributed by atoms with Gasteiger partial charge in [0.25, 0.3) is 0 Å². The largest absolute Gasteiger partial charge is 0.495 e. The van der Waals surface area contributed by atoms with Crippen molar-refractivity contribution in [3.63, 3.8) is 0 Å². The number of nitrogens with two attached hydrogens (primary N) is 1. The highest BCUT2D eigenvalue weighted by molar-refractivity contribution is 5.32. The molecule has 2 rings (SSSR count). The fourth-order valence-corrected chi connectivity index (χ4v) is 1.43. The summed E-state index contributed by atoms with van der Waals surface area (Å²) in [4.78, 5) is 4.02. The first-order valence-corrected chi connectivity index (χ1v) is 5.39. The number of hydrogen-bond acceptors (Lipinski definition) is 4. The van der Waals surface area contributed by atoms with Crippen LogP contribution in [-0.2, 0) is 6.54 Å². The molecular formula is C13H13FN2O2. The van der Waals surface area contributed by atoms with Gasteiger partial charge in [0.05, 0.1) is 13.3 Å². The van der Waals surface area contributed by atoms with Gasteiger partial charge in [0, 0.05) is 24.2 Å². The molecule has 0 amide bonds. The third-order valence-electron chi connectivity index (χ3n) is 2.41. The summed E-state index contributed by atoms with van der Waals surface area (Å²) in [7, 11) is 1.55. The molecule has 0 fully saturated rings. The third-order valence-corrected chi connectivity index (χ3v) is 2.41. The molecule has 0 spiro atoms. The summed E-state index contributed by atoms with van der Waals surface area (Å²) in [6.45, 7) is 0.160. The highest BCUT2D eigenvalue weighted by atomic mass is 19.1. The summed E-state index contributed by atoms with van der Waals surface area (Å²) in [5, 5.41) is 0. The Hall–Kier alpha value is -2.14. The van der Waals surface area contributed by atoms with E-state index in [2.05, 4.69) is 4.98 Å². The Kier molecular flexibility index (Phi) is 3.74. The van der Waals surface area contributed by atoms with Gasteiger partial charge in [0.1, 0.15) is 17.3 Å². The number of halogens is 1. The van der Waals surface area contributed by atoms with E-state index in [0.717, 1.165) is 0 Å². The van der Waals surface area contributed by atoms with Crippen LogP contribution in [0.25, 0.3) is 0 Å². The second-order valence-electron chi connectivity index (χ2n) is 3.60. The van der Waals surface area contributed by atoms with E-state index >= 15 is 0 Å². The van der Waals surface area contributed by atoms with Crippen molar-refractivity contribution in [1.82, 2.24) is 4.98 Å². The third kappa shape index (κ3) is 2.75. The molecule has 0 bridgehead atoms. The summed E-state index contributed by atoms with van der Waals surface area (Å²) < 4.78 is 23.9. The molecule has 2 N–H and O–H groups in total.